The Hall–Kier alpha value is -3.86. The minimum Gasteiger partial charge on any atom is -0.485 e. The van der Waals surface area contributed by atoms with E-state index in [0.717, 1.165) is 27.8 Å². The van der Waals surface area contributed by atoms with Crippen molar-refractivity contribution in [3.05, 3.63) is 95.2 Å². The van der Waals surface area contributed by atoms with E-state index in [0.29, 0.717) is 16.9 Å². The SMILES string of the molecule is CCOC(=O)c1c(C)n(-c2cccc(C)c2)c2ccc(OCC(=O)c3ccccc3)cc12. The third kappa shape index (κ3) is 4.14. The van der Waals surface area contributed by atoms with Crippen LogP contribution in [0, 0.1) is 13.8 Å². The van der Waals surface area contributed by atoms with Gasteiger partial charge >= 0.3 is 5.97 Å². The number of hydrogen-bond donors (Lipinski definition) is 0. The molecule has 0 aliphatic rings. The number of fused-ring (bicyclic) bond motifs is 1. The lowest BCUT2D eigenvalue weighted by Crippen LogP contribution is -2.11. The lowest BCUT2D eigenvalue weighted by atomic mass is 10.1. The van der Waals surface area contributed by atoms with Crippen molar-refractivity contribution in [2.24, 2.45) is 0 Å². The Morgan fingerprint density at radius 2 is 1.69 bits per heavy atom. The Morgan fingerprint density at radius 1 is 0.906 bits per heavy atom. The molecule has 162 valence electrons. The zero-order valence-corrected chi connectivity index (χ0v) is 18.4. The molecule has 0 radical (unpaired) electrons. The summed E-state index contributed by atoms with van der Waals surface area (Å²) in [4.78, 5) is 25.2. The lowest BCUT2D eigenvalue weighted by molar-refractivity contribution is 0.0527. The van der Waals surface area contributed by atoms with Crippen molar-refractivity contribution in [3.8, 4) is 11.4 Å². The molecule has 0 aliphatic heterocycles. The van der Waals surface area contributed by atoms with Gasteiger partial charge in [0.15, 0.2) is 12.4 Å². The van der Waals surface area contributed by atoms with Gasteiger partial charge in [-0.1, -0.05) is 42.5 Å². The highest BCUT2D eigenvalue weighted by molar-refractivity contribution is 6.07. The molecular formula is C27H25NO4. The molecule has 0 atom stereocenters. The zero-order chi connectivity index (χ0) is 22.7. The largest absolute Gasteiger partial charge is 0.485 e. The molecule has 0 saturated carbocycles. The third-order valence-corrected chi connectivity index (χ3v) is 5.38. The molecule has 32 heavy (non-hydrogen) atoms. The lowest BCUT2D eigenvalue weighted by Gasteiger charge is -2.10. The first-order valence-corrected chi connectivity index (χ1v) is 10.6. The average Bonchev–Trinajstić information content (AvgIpc) is 3.09. The molecule has 0 unspecified atom stereocenters. The normalized spacial score (nSPS) is 10.8. The Bertz CT molecular complexity index is 1290. The second-order valence-corrected chi connectivity index (χ2v) is 7.61. The number of Topliss-reactive ketones (excluding diaryl/α,β-unsaturated/α-hetero) is 1. The summed E-state index contributed by atoms with van der Waals surface area (Å²) in [5.74, 6) is 0.0393. The van der Waals surface area contributed by atoms with Crippen molar-refractivity contribution in [1.29, 1.82) is 0 Å². The monoisotopic (exact) mass is 427 g/mol. The fourth-order valence-corrected chi connectivity index (χ4v) is 3.90. The van der Waals surface area contributed by atoms with Crippen LogP contribution in [0.2, 0.25) is 0 Å². The highest BCUT2D eigenvalue weighted by atomic mass is 16.5. The van der Waals surface area contributed by atoms with Gasteiger partial charge in [-0.3, -0.25) is 4.79 Å². The Labute approximate surface area is 187 Å². The van der Waals surface area contributed by atoms with Crippen LogP contribution in [0.1, 0.15) is 38.9 Å². The molecule has 0 fully saturated rings. The highest BCUT2D eigenvalue weighted by Gasteiger charge is 2.22. The van der Waals surface area contributed by atoms with Crippen molar-refractivity contribution in [2.75, 3.05) is 13.2 Å². The number of ketones is 1. The highest BCUT2D eigenvalue weighted by Crippen LogP contribution is 2.33. The molecule has 0 saturated heterocycles. The van der Waals surface area contributed by atoms with Crippen LogP contribution < -0.4 is 4.74 Å². The van der Waals surface area contributed by atoms with Gasteiger partial charge in [-0.25, -0.2) is 4.79 Å². The third-order valence-electron chi connectivity index (χ3n) is 5.38. The summed E-state index contributed by atoms with van der Waals surface area (Å²) in [6.45, 7) is 5.94. The molecular weight excluding hydrogens is 402 g/mol. The van der Waals surface area contributed by atoms with Gasteiger partial charge < -0.3 is 14.0 Å². The molecule has 5 nitrogen and oxygen atoms in total. The quantitative estimate of drug-likeness (QED) is 0.281. The summed E-state index contributed by atoms with van der Waals surface area (Å²) >= 11 is 0. The molecule has 4 rings (SSSR count). The fraction of sp³-hybridized carbons (Fsp3) is 0.185. The molecule has 0 amide bonds. The minimum absolute atomic E-state index is 0.0815. The minimum atomic E-state index is -0.376. The van der Waals surface area contributed by atoms with E-state index in [1.165, 1.54) is 0 Å². The standard InChI is InChI=1S/C27H25NO4/c1-4-31-27(30)26-19(3)28(21-12-8-9-18(2)15-21)24-14-13-22(16-23(24)26)32-17-25(29)20-10-6-5-7-11-20/h5-16H,4,17H2,1-3H3. The van der Waals surface area contributed by atoms with Crippen LogP contribution >= 0.6 is 0 Å². The first-order valence-electron chi connectivity index (χ1n) is 10.6. The molecule has 0 spiro atoms. The van der Waals surface area contributed by atoms with Crippen molar-refractivity contribution in [2.45, 2.75) is 20.8 Å². The number of carbonyl (C=O) groups is 2. The molecule has 1 heterocycles. The number of nitrogens with zero attached hydrogens (tertiary/aromatic N) is 1. The summed E-state index contributed by atoms with van der Waals surface area (Å²) in [5.41, 5.74) is 4.86. The topological polar surface area (TPSA) is 57.5 Å². The second-order valence-electron chi connectivity index (χ2n) is 7.61. The maximum Gasteiger partial charge on any atom is 0.340 e. The van der Waals surface area contributed by atoms with Gasteiger partial charge in [0.1, 0.15) is 5.75 Å². The van der Waals surface area contributed by atoms with Crippen LogP contribution in [0.15, 0.2) is 72.8 Å². The van der Waals surface area contributed by atoms with E-state index in [9.17, 15) is 9.59 Å². The molecule has 5 heteroatoms. The maximum absolute atomic E-state index is 12.8. The Kier molecular flexibility index (Phi) is 6.08. The number of esters is 1. The summed E-state index contributed by atoms with van der Waals surface area (Å²) in [5, 5.41) is 0.729. The van der Waals surface area contributed by atoms with Crippen LogP contribution in [0.3, 0.4) is 0 Å². The number of benzene rings is 3. The van der Waals surface area contributed by atoms with E-state index in [1.807, 2.05) is 66.9 Å². The molecule has 0 bridgehead atoms. The van der Waals surface area contributed by atoms with Gasteiger partial charge in [0, 0.05) is 22.3 Å². The summed E-state index contributed by atoms with van der Waals surface area (Å²) < 4.78 is 13.2. The van der Waals surface area contributed by atoms with Crippen molar-refractivity contribution in [3.63, 3.8) is 0 Å². The number of ether oxygens (including phenoxy) is 2. The Morgan fingerprint density at radius 3 is 2.41 bits per heavy atom. The first kappa shape index (κ1) is 21.4. The van der Waals surface area contributed by atoms with Gasteiger partial charge in [-0.2, -0.15) is 0 Å². The predicted molar refractivity (Wildman–Crippen MR) is 125 cm³/mol. The molecule has 1 aromatic heterocycles. The summed E-state index contributed by atoms with van der Waals surface area (Å²) in [6, 6.07) is 22.7. The van der Waals surface area contributed by atoms with E-state index < -0.39 is 0 Å². The first-order chi connectivity index (χ1) is 15.5. The smallest absolute Gasteiger partial charge is 0.340 e. The van der Waals surface area contributed by atoms with Crippen molar-refractivity contribution >= 4 is 22.7 Å². The summed E-state index contributed by atoms with van der Waals surface area (Å²) in [6.07, 6.45) is 0. The second kappa shape index (κ2) is 9.10. The van der Waals surface area contributed by atoms with E-state index in [4.69, 9.17) is 9.47 Å². The van der Waals surface area contributed by atoms with E-state index >= 15 is 0 Å². The Balaban J connectivity index is 1.75. The fourth-order valence-electron chi connectivity index (χ4n) is 3.90. The van der Waals surface area contributed by atoms with Crippen LogP contribution in [0.25, 0.3) is 16.6 Å². The van der Waals surface area contributed by atoms with Crippen molar-refractivity contribution < 1.29 is 19.1 Å². The van der Waals surface area contributed by atoms with Crippen LogP contribution in [-0.2, 0) is 4.74 Å². The zero-order valence-electron chi connectivity index (χ0n) is 18.4. The molecule has 4 aromatic rings. The average molecular weight is 428 g/mol. The number of carbonyl (C=O) groups excluding carboxylic acids is 2. The predicted octanol–water partition coefficient (Wildman–Crippen LogP) is 5.69. The van der Waals surface area contributed by atoms with Gasteiger partial charge in [0.05, 0.1) is 17.7 Å². The van der Waals surface area contributed by atoms with E-state index in [-0.39, 0.29) is 25.0 Å². The molecule has 0 aliphatic carbocycles. The molecule has 0 N–H and O–H groups in total. The van der Waals surface area contributed by atoms with Crippen LogP contribution in [-0.4, -0.2) is 29.5 Å². The van der Waals surface area contributed by atoms with Gasteiger partial charge in [0.2, 0.25) is 0 Å². The van der Waals surface area contributed by atoms with Gasteiger partial charge in [-0.05, 0) is 56.7 Å². The number of hydrogen-bond acceptors (Lipinski definition) is 4. The number of aryl methyl sites for hydroxylation is 1. The van der Waals surface area contributed by atoms with E-state index in [1.54, 1.807) is 25.1 Å². The van der Waals surface area contributed by atoms with Crippen LogP contribution in [0.4, 0.5) is 0 Å². The van der Waals surface area contributed by atoms with Gasteiger partial charge in [-0.15, -0.1) is 0 Å². The summed E-state index contributed by atoms with van der Waals surface area (Å²) in [7, 11) is 0. The van der Waals surface area contributed by atoms with E-state index in [2.05, 4.69) is 6.07 Å². The number of aromatic nitrogens is 1. The maximum atomic E-state index is 12.8. The van der Waals surface area contributed by atoms with Crippen molar-refractivity contribution in [1.82, 2.24) is 4.57 Å². The number of rotatable bonds is 7. The van der Waals surface area contributed by atoms with Crippen LogP contribution in [0.5, 0.6) is 5.75 Å². The van der Waals surface area contributed by atoms with Gasteiger partial charge in [0.25, 0.3) is 0 Å². The molecule has 3 aromatic carbocycles.